The third-order valence-corrected chi connectivity index (χ3v) is 7.27. The number of ether oxygens (including phenoxy) is 1. The minimum Gasteiger partial charge on any atom is -0.458 e. The Bertz CT molecular complexity index is 1240. The van der Waals surface area contributed by atoms with Gasteiger partial charge in [-0.05, 0) is 86.9 Å². The molecule has 0 spiro atoms. The number of hydrogen-bond acceptors (Lipinski definition) is 5. The zero-order chi connectivity index (χ0) is 27.3. The number of amides is 1. The predicted molar refractivity (Wildman–Crippen MR) is 151 cm³/mol. The van der Waals surface area contributed by atoms with Crippen molar-refractivity contribution in [3.05, 3.63) is 83.4 Å². The van der Waals surface area contributed by atoms with Crippen molar-refractivity contribution in [2.45, 2.75) is 83.0 Å². The number of nitrogens with one attached hydrogen (secondary N) is 2. The smallest absolute Gasteiger partial charge is 0.331 e. The van der Waals surface area contributed by atoms with Gasteiger partial charge < -0.3 is 20.5 Å². The zero-order valence-corrected chi connectivity index (χ0v) is 22.9. The van der Waals surface area contributed by atoms with Crippen molar-refractivity contribution in [3.63, 3.8) is 0 Å². The first-order valence-corrected chi connectivity index (χ1v) is 13.6. The first-order chi connectivity index (χ1) is 18.1. The molecule has 0 bridgehead atoms. The lowest BCUT2D eigenvalue weighted by Gasteiger charge is -2.32. The number of esters is 1. The van der Waals surface area contributed by atoms with Crippen LogP contribution in [0.15, 0.2) is 66.7 Å². The van der Waals surface area contributed by atoms with E-state index < -0.39 is 30.1 Å². The van der Waals surface area contributed by atoms with Gasteiger partial charge in [-0.2, -0.15) is 0 Å². The second-order valence-electron chi connectivity index (χ2n) is 11.4. The maximum Gasteiger partial charge on any atom is 0.331 e. The SMILES string of the molecule is CC(N[C@H]1CCC[C@H](c2ccc(C(=O)NC(CO)C(=O)OC(C)(C)C)cc2)C1)c1cccc2ccccc12. The molecule has 6 heteroatoms. The van der Waals surface area contributed by atoms with Crippen LogP contribution in [-0.4, -0.2) is 41.3 Å². The summed E-state index contributed by atoms with van der Waals surface area (Å²) in [5.41, 5.74) is 2.30. The van der Waals surface area contributed by atoms with E-state index in [9.17, 15) is 14.7 Å². The van der Waals surface area contributed by atoms with E-state index in [1.807, 2.05) is 12.1 Å². The summed E-state index contributed by atoms with van der Waals surface area (Å²) in [5.74, 6) is -0.637. The molecule has 202 valence electrons. The fourth-order valence-corrected chi connectivity index (χ4v) is 5.42. The van der Waals surface area contributed by atoms with Crippen LogP contribution in [0.2, 0.25) is 0 Å². The third-order valence-electron chi connectivity index (χ3n) is 7.27. The van der Waals surface area contributed by atoms with Crippen LogP contribution in [0.5, 0.6) is 0 Å². The summed E-state index contributed by atoms with van der Waals surface area (Å²) in [7, 11) is 0. The molecule has 1 amide bonds. The van der Waals surface area contributed by atoms with Gasteiger partial charge in [0.2, 0.25) is 0 Å². The monoisotopic (exact) mass is 516 g/mol. The molecule has 6 nitrogen and oxygen atoms in total. The van der Waals surface area contributed by atoms with Crippen molar-refractivity contribution in [1.29, 1.82) is 0 Å². The van der Waals surface area contributed by atoms with Gasteiger partial charge in [-0.1, -0.05) is 61.0 Å². The van der Waals surface area contributed by atoms with Gasteiger partial charge in [-0.15, -0.1) is 0 Å². The minimum atomic E-state index is -1.10. The lowest BCUT2D eigenvalue weighted by molar-refractivity contribution is -0.158. The lowest BCUT2D eigenvalue weighted by Crippen LogP contribution is -2.46. The van der Waals surface area contributed by atoms with Crippen LogP contribution >= 0.6 is 0 Å². The van der Waals surface area contributed by atoms with E-state index in [0.29, 0.717) is 17.5 Å². The largest absolute Gasteiger partial charge is 0.458 e. The summed E-state index contributed by atoms with van der Waals surface area (Å²) >= 11 is 0. The van der Waals surface area contributed by atoms with Crippen molar-refractivity contribution < 1.29 is 19.4 Å². The summed E-state index contributed by atoms with van der Waals surface area (Å²) in [6, 6.07) is 22.2. The summed E-state index contributed by atoms with van der Waals surface area (Å²) < 4.78 is 5.29. The summed E-state index contributed by atoms with van der Waals surface area (Å²) in [4.78, 5) is 25.0. The Hall–Kier alpha value is -3.22. The quantitative estimate of drug-likeness (QED) is 0.337. The second-order valence-corrected chi connectivity index (χ2v) is 11.4. The van der Waals surface area contributed by atoms with Crippen LogP contribution in [0.25, 0.3) is 10.8 Å². The molecule has 1 fully saturated rings. The van der Waals surface area contributed by atoms with Gasteiger partial charge in [0.15, 0.2) is 6.04 Å². The highest BCUT2D eigenvalue weighted by Crippen LogP contribution is 2.34. The number of hydrogen-bond donors (Lipinski definition) is 3. The molecule has 0 aliphatic heterocycles. The molecule has 38 heavy (non-hydrogen) atoms. The fourth-order valence-electron chi connectivity index (χ4n) is 5.42. The molecule has 4 rings (SSSR count). The normalized spacial score (nSPS) is 19.5. The predicted octanol–water partition coefficient (Wildman–Crippen LogP) is 5.65. The van der Waals surface area contributed by atoms with E-state index >= 15 is 0 Å². The van der Waals surface area contributed by atoms with Gasteiger partial charge in [0.25, 0.3) is 5.91 Å². The maximum absolute atomic E-state index is 12.7. The highest BCUT2D eigenvalue weighted by molar-refractivity contribution is 5.96. The molecule has 0 saturated heterocycles. The molecule has 0 aromatic heterocycles. The van der Waals surface area contributed by atoms with Crippen LogP contribution in [0, 0.1) is 0 Å². The fraction of sp³-hybridized carbons (Fsp3) is 0.438. The number of aliphatic hydroxyl groups excluding tert-OH is 1. The van der Waals surface area contributed by atoms with Gasteiger partial charge in [0.1, 0.15) is 5.60 Å². The van der Waals surface area contributed by atoms with Gasteiger partial charge in [-0.25, -0.2) is 4.79 Å². The Labute approximate surface area is 225 Å². The highest BCUT2D eigenvalue weighted by Gasteiger charge is 2.27. The molecule has 3 aromatic carbocycles. The Kier molecular flexibility index (Phi) is 8.85. The van der Waals surface area contributed by atoms with Gasteiger partial charge in [0, 0.05) is 17.6 Å². The number of carbonyl (C=O) groups is 2. The van der Waals surface area contributed by atoms with Crippen molar-refractivity contribution in [2.75, 3.05) is 6.61 Å². The first kappa shape index (κ1) is 27.8. The van der Waals surface area contributed by atoms with Gasteiger partial charge in [-0.3, -0.25) is 4.79 Å². The van der Waals surface area contributed by atoms with E-state index in [0.717, 1.165) is 25.7 Å². The molecule has 2 unspecified atom stereocenters. The lowest BCUT2D eigenvalue weighted by atomic mass is 9.80. The van der Waals surface area contributed by atoms with Crippen molar-refractivity contribution in [3.8, 4) is 0 Å². The topological polar surface area (TPSA) is 87.7 Å². The van der Waals surface area contributed by atoms with Crippen molar-refractivity contribution >= 4 is 22.6 Å². The molecule has 3 aromatic rings. The maximum atomic E-state index is 12.7. The molecule has 0 heterocycles. The van der Waals surface area contributed by atoms with Gasteiger partial charge >= 0.3 is 5.97 Å². The Morgan fingerprint density at radius 3 is 2.42 bits per heavy atom. The summed E-state index contributed by atoms with van der Waals surface area (Å²) in [6.07, 6.45) is 4.48. The molecule has 0 radical (unpaired) electrons. The molecule has 4 atom stereocenters. The molecule has 3 N–H and O–H groups in total. The second kappa shape index (κ2) is 12.1. The van der Waals surface area contributed by atoms with Crippen molar-refractivity contribution in [2.24, 2.45) is 0 Å². The Balaban J connectivity index is 1.37. The Morgan fingerprint density at radius 2 is 1.71 bits per heavy atom. The zero-order valence-electron chi connectivity index (χ0n) is 22.9. The van der Waals surface area contributed by atoms with Crippen LogP contribution in [0.1, 0.15) is 86.8 Å². The number of carbonyl (C=O) groups excluding carboxylic acids is 2. The van der Waals surface area contributed by atoms with E-state index in [2.05, 4.69) is 60.0 Å². The van der Waals surface area contributed by atoms with Gasteiger partial charge in [0.05, 0.1) is 6.61 Å². The average molecular weight is 517 g/mol. The molecular weight excluding hydrogens is 476 g/mol. The molecule has 1 aliphatic carbocycles. The number of rotatable bonds is 8. The van der Waals surface area contributed by atoms with Crippen LogP contribution < -0.4 is 10.6 Å². The summed E-state index contributed by atoms with van der Waals surface area (Å²) in [5, 5.41) is 18.6. The standard InChI is InChI=1S/C32H40N2O4/c1-21(27-14-8-10-23-9-5-6-13-28(23)27)33-26-12-7-11-25(19-26)22-15-17-24(18-16-22)30(36)34-29(20-35)31(37)38-32(2,3)4/h5-6,8-10,13-18,21,25-26,29,33,35H,7,11-12,19-20H2,1-4H3,(H,34,36)/t21?,25-,26-,29?/m0/s1. The van der Waals surface area contributed by atoms with E-state index in [4.69, 9.17) is 4.74 Å². The average Bonchev–Trinajstić information content (AvgIpc) is 2.90. The highest BCUT2D eigenvalue weighted by atomic mass is 16.6. The van der Waals surface area contributed by atoms with E-state index in [1.165, 1.54) is 21.9 Å². The third kappa shape index (κ3) is 7.00. The summed E-state index contributed by atoms with van der Waals surface area (Å²) in [6.45, 7) is 6.96. The molecular formula is C32H40N2O4. The first-order valence-electron chi connectivity index (χ1n) is 13.6. The number of fused-ring (bicyclic) bond motifs is 1. The Morgan fingerprint density at radius 1 is 1.00 bits per heavy atom. The van der Waals surface area contributed by atoms with Crippen molar-refractivity contribution in [1.82, 2.24) is 10.6 Å². The van der Waals surface area contributed by atoms with Crippen LogP contribution in [0.3, 0.4) is 0 Å². The number of benzene rings is 3. The minimum absolute atomic E-state index is 0.250. The van der Waals surface area contributed by atoms with Crippen LogP contribution in [-0.2, 0) is 9.53 Å². The van der Waals surface area contributed by atoms with Crippen LogP contribution in [0.4, 0.5) is 0 Å². The molecule has 1 saturated carbocycles. The number of aliphatic hydroxyl groups is 1. The molecule has 1 aliphatic rings. The van der Waals surface area contributed by atoms with E-state index in [1.54, 1.807) is 32.9 Å². The van der Waals surface area contributed by atoms with E-state index in [-0.39, 0.29) is 6.04 Å².